The van der Waals surface area contributed by atoms with E-state index >= 15 is 0 Å². The van der Waals surface area contributed by atoms with Crippen LogP contribution in [0.5, 0.6) is 0 Å². The van der Waals surface area contributed by atoms with Crippen molar-refractivity contribution in [2.45, 2.75) is 84.0 Å². The largest absolute Gasteiger partial charge is 0.444 e. The molecule has 0 saturated heterocycles. The summed E-state index contributed by atoms with van der Waals surface area (Å²) in [6.07, 6.45) is 3.50. The van der Waals surface area contributed by atoms with E-state index in [0.717, 1.165) is 21.9 Å². The van der Waals surface area contributed by atoms with Gasteiger partial charge in [0.15, 0.2) is 0 Å². The van der Waals surface area contributed by atoms with E-state index in [1.807, 2.05) is 93.6 Å². The summed E-state index contributed by atoms with van der Waals surface area (Å²) in [4.78, 5) is 56.4. The molecular formula is C38H50N4O5. The second-order valence-corrected chi connectivity index (χ2v) is 13.5. The molecule has 9 heteroatoms. The Morgan fingerprint density at radius 3 is 2.04 bits per heavy atom. The highest BCUT2D eigenvalue weighted by atomic mass is 16.6. The number of amides is 4. The molecule has 0 bridgehead atoms. The molecule has 0 saturated carbocycles. The highest BCUT2D eigenvalue weighted by molar-refractivity contribution is 5.95. The van der Waals surface area contributed by atoms with E-state index in [1.165, 1.54) is 15.9 Å². The maximum Gasteiger partial charge on any atom is 0.408 e. The Kier molecular flexibility index (Phi) is 12.7. The van der Waals surface area contributed by atoms with Crippen molar-refractivity contribution >= 4 is 34.6 Å². The van der Waals surface area contributed by atoms with Crippen LogP contribution in [0.15, 0.2) is 84.9 Å². The molecule has 0 unspecified atom stereocenters. The fraction of sp³-hybridized carbons (Fsp3) is 0.421. The number of hydrogen-bond donors (Lipinski definition) is 2. The molecule has 0 aliphatic carbocycles. The van der Waals surface area contributed by atoms with Gasteiger partial charge in [-0.15, -0.1) is 0 Å². The minimum atomic E-state index is -0.890. The monoisotopic (exact) mass is 642 g/mol. The molecule has 47 heavy (non-hydrogen) atoms. The molecule has 0 fully saturated rings. The van der Waals surface area contributed by atoms with E-state index in [9.17, 15) is 19.2 Å². The number of carbonyl (C=O) groups is 4. The quantitative estimate of drug-likeness (QED) is 0.234. The van der Waals surface area contributed by atoms with Crippen molar-refractivity contribution in [2.75, 3.05) is 20.6 Å². The summed E-state index contributed by atoms with van der Waals surface area (Å²) in [6, 6.07) is 21.9. The van der Waals surface area contributed by atoms with Crippen molar-refractivity contribution in [3.05, 3.63) is 96.1 Å². The topological polar surface area (TPSA) is 108 Å². The number of nitrogens with zero attached hydrogens (tertiary/aromatic N) is 2. The van der Waals surface area contributed by atoms with E-state index < -0.39 is 29.3 Å². The third kappa shape index (κ3) is 11.3. The first-order valence-electron chi connectivity index (χ1n) is 16.1. The van der Waals surface area contributed by atoms with Crippen LogP contribution in [0, 0.1) is 0 Å². The maximum absolute atomic E-state index is 14.3. The number of ether oxygens (including phenoxy) is 1. The lowest BCUT2D eigenvalue weighted by Gasteiger charge is -2.34. The third-order valence-corrected chi connectivity index (χ3v) is 7.81. The minimum absolute atomic E-state index is 0.253. The molecule has 2 atom stereocenters. The zero-order valence-electron chi connectivity index (χ0n) is 29.0. The summed E-state index contributed by atoms with van der Waals surface area (Å²) in [5, 5.41) is 7.81. The molecule has 0 aliphatic heterocycles. The van der Waals surface area contributed by atoms with Crippen molar-refractivity contribution in [1.82, 2.24) is 20.4 Å². The van der Waals surface area contributed by atoms with Crippen LogP contribution in [-0.2, 0) is 32.0 Å². The summed E-state index contributed by atoms with van der Waals surface area (Å²) in [7, 11) is 3.23. The van der Waals surface area contributed by atoms with Gasteiger partial charge in [-0.3, -0.25) is 14.4 Å². The van der Waals surface area contributed by atoms with Crippen LogP contribution < -0.4 is 10.6 Å². The summed E-state index contributed by atoms with van der Waals surface area (Å²) >= 11 is 0. The van der Waals surface area contributed by atoms with Gasteiger partial charge in [0, 0.05) is 39.0 Å². The molecule has 3 rings (SSSR count). The fourth-order valence-electron chi connectivity index (χ4n) is 5.26. The predicted molar refractivity (Wildman–Crippen MR) is 187 cm³/mol. The Hall–Kier alpha value is -4.66. The maximum atomic E-state index is 14.3. The van der Waals surface area contributed by atoms with Crippen LogP contribution in [0.1, 0.15) is 59.1 Å². The number of alkyl carbamates (subject to hydrolysis) is 1. The van der Waals surface area contributed by atoms with Crippen molar-refractivity contribution in [3.63, 3.8) is 0 Å². The molecule has 3 aromatic carbocycles. The lowest BCUT2D eigenvalue weighted by atomic mass is 9.98. The van der Waals surface area contributed by atoms with Gasteiger partial charge in [-0.2, -0.15) is 0 Å². The van der Waals surface area contributed by atoms with E-state index in [0.29, 0.717) is 19.4 Å². The highest BCUT2D eigenvalue weighted by Crippen LogP contribution is 2.20. The first-order valence-corrected chi connectivity index (χ1v) is 16.1. The number of carbonyl (C=O) groups excluding carboxylic acids is 4. The Morgan fingerprint density at radius 2 is 1.40 bits per heavy atom. The molecule has 4 amide bonds. The van der Waals surface area contributed by atoms with Crippen molar-refractivity contribution in [3.8, 4) is 0 Å². The average Bonchev–Trinajstić information content (AvgIpc) is 3.00. The minimum Gasteiger partial charge on any atom is -0.444 e. The van der Waals surface area contributed by atoms with E-state index in [4.69, 9.17) is 4.74 Å². The van der Waals surface area contributed by atoms with Crippen molar-refractivity contribution in [2.24, 2.45) is 0 Å². The van der Waals surface area contributed by atoms with Gasteiger partial charge < -0.3 is 25.2 Å². The van der Waals surface area contributed by atoms with Gasteiger partial charge in [0.2, 0.25) is 17.7 Å². The van der Waals surface area contributed by atoms with Gasteiger partial charge in [-0.05, 0) is 75.9 Å². The molecule has 0 aromatic heterocycles. The first-order chi connectivity index (χ1) is 22.1. The van der Waals surface area contributed by atoms with E-state index in [1.54, 1.807) is 40.9 Å². The van der Waals surface area contributed by atoms with E-state index in [-0.39, 0.29) is 24.1 Å². The summed E-state index contributed by atoms with van der Waals surface area (Å²) < 4.78 is 5.37. The second kappa shape index (κ2) is 16.3. The van der Waals surface area contributed by atoms with Crippen molar-refractivity contribution in [1.29, 1.82) is 0 Å². The molecule has 0 aliphatic rings. The highest BCUT2D eigenvalue weighted by Gasteiger charge is 2.35. The normalized spacial score (nSPS) is 13.1. The summed E-state index contributed by atoms with van der Waals surface area (Å²) in [5.41, 5.74) is 0.491. The van der Waals surface area contributed by atoms with Crippen LogP contribution in [0.25, 0.3) is 10.8 Å². The van der Waals surface area contributed by atoms with Gasteiger partial charge in [-0.25, -0.2) is 4.79 Å². The SMILES string of the molecule is CCNC(=O)[C@@H](Cc1ccccc1)N(C)C(=O)[C@@H](Cc1ccc2ccccc2c1)N(C)C(=O)/C=C/CC(C)(C)NC(=O)OC(C)(C)C. The Bertz CT molecular complexity index is 1560. The smallest absolute Gasteiger partial charge is 0.408 e. The predicted octanol–water partition coefficient (Wildman–Crippen LogP) is 5.66. The number of rotatable bonds is 13. The number of nitrogens with one attached hydrogen (secondary N) is 2. The van der Waals surface area contributed by atoms with Gasteiger partial charge in [0.05, 0.1) is 0 Å². The average molecular weight is 643 g/mol. The van der Waals surface area contributed by atoms with Crippen LogP contribution in [0.3, 0.4) is 0 Å². The standard InChI is InChI=1S/C38H50N4O5/c1-9-39-34(44)31(25-27-16-11-10-12-17-27)42(8)35(45)32(26-28-21-22-29-18-13-14-19-30(29)24-28)41(7)33(43)20-15-23-38(5,6)40-36(46)47-37(2,3)4/h10-22,24,31-32H,9,23,25-26H2,1-8H3,(H,39,44)(H,40,46)/b20-15+/t31-,32-/m1/s1. The molecule has 0 spiro atoms. The Labute approximate surface area is 279 Å². The molecule has 9 nitrogen and oxygen atoms in total. The molecular weight excluding hydrogens is 592 g/mol. The van der Waals surface area contributed by atoms with Gasteiger partial charge in [-0.1, -0.05) is 78.9 Å². The molecule has 0 radical (unpaired) electrons. The molecule has 2 N–H and O–H groups in total. The molecule has 252 valence electrons. The fourth-order valence-corrected chi connectivity index (χ4v) is 5.26. The molecule has 0 heterocycles. The molecule has 3 aromatic rings. The van der Waals surface area contributed by atoms with E-state index in [2.05, 4.69) is 10.6 Å². The first kappa shape index (κ1) is 36.8. The van der Waals surface area contributed by atoms with Gasteiger partial charge in [0.1, 0.15) is 17.7 Å². The van der Waals surface area contributed by atoms with Gasteiger partial charge >= 0.3 is 6.09 Å². The number of fused-ring (bicyclic) bond motifs is 1. The summed E-state index contributed by atoms with van der Waals surface area (Å²) in [5.74, 6) is -0.977. The second-order valence-electron chi connectivity index (χ2n) is 13.5. The lowest BCUT2D eigenvalue weighted by molar-refractivity contribution is -0.146. The number of benzene rings is 3. The zero-order valence-corrected chi connectivity index (χ0v) is 29.0. The lowest BCUT2D eigenvalue weighted by Crippen LogP contribution is -2.55. The Morgan fingerprint density at radius 1 is 0.787 bits per heavy atom. The van der Waals surface area contributed by atoms with Crippen LogP contribution >= 0.6 is 0 Å². The number of likely N-dealkylation sites (N-methyl/N-ethyl adjacent to an activating group) is 3. The van der Waals surface area contributed by atoms with Crippen molar-refractivity contribution < 1.29 is 23.9 Å². The summed E-state index contributed by atoms with van der Waals surface area (Å²) in [6.45, 7) is 11.3. The van der Waals surface area contributed by atoms with Gasteiger partial charge in [0.25, 0.3) is 0 Å². The number of hydrogen-bond acceptors (Lipinski definition) is 5. The van der Waals surface area contributed by atoms with Crippen LogP contribution in [0.2, 0.25) is 0 Å². The van der Waals surface area contributed by atoms with Crippen LogP contribution in [-0.4, -0.2) is 77.5 Å². The third-order valence-electron chi connectivity index (χ3n) is 7.81. The zero-order chi connectivity index (χ0) is 34.8. The Balaban J connectivity index is 1.88. The van der Waals surface area contributed by atoms with Crippen LogP contribution in [0.4, 0.5) is 4.79 Å².